The van der Waals surface area contributed by atoms with Crippen molar-refractivity contribution in [2.24, 2.45) is 7.05 Å². The number of amides is 1. The van der Waals surface area contributed by atoms with Crippen molar-refractivity contribution in [3.05, 3.63) is 95.6 Å². The lowest BCUT2D eigenvalue weighted by atomic mass is 10.0. The minimum atomic E-state index is -0.348. The van der Waals surface area contributed by atoms with Crippen LogP contribution in [0.5, 0.6) is 5.75 Å². The van der Waals surface area contributed by atoms with Crippen LogP contribution >= 0.6 is 0 Å². The van der Waals surface area contributed by atoms with Crippen LogP contribution in [0.1, 0.15) is 26.3 Å². The van der Waals surface area contributed by atoms with E-state index in [1.807, 2.05) is 12.1 Å². The van der Waals surface area contributed by atoms with Crippen molar-refractivity contribution >= 4 is 23.2 Å². The molecule has 0 atom stereocenters. The van der Waals surface area contributed by atoms with Crippen LogP contribution < -0.4 is 15.8 Å². The molecule has 0 fully saturated rings. The highest BCUT2D eigenvalue weighted by Crippen LogP contribution is 2.23. The number of terminal acetylenes is 1. The summed E-state index contributed by atoms with van der Waals surface area (Å²) in [6.45, 7) is 0.155. The zero-order valence-electron chi connectivity index (χ0n) is 18.5. The fourth-order valence-corrected chi connectivity index (χ4v) is 3.36. The van der Waals surface area contributed by atoms with E-state index in [2.05, 4.69) is 16.3 Å². The normalized spacial score (nSPS) is 10.4. The Morgan fingerprint density at radius 3 is 2.41 bits per heavy atom. The van der Waals surface area contributed by atoms with Gasteiger partial charge in [-0.05, 0) is 48.5 Å². The zero-order valence-corrected chi connectivity index (χ0v) is 18.5. The predicted octanol–water partition coefficient (Wildman–Crippen LogP) is 4.16. The van der Waals surface area contributed by atoms with Crippen LogP contribution in [0.2, 0.25) is 0 Å². The Kier molecular flexibility index (Phi) is 6.42. The van der Waals surface area contributed by atoms with Crippen LogP contribution in [0.25, 0.3) is 11.3 Å². The summed E-state index contributed by atoms with van der Waals surface area (Å²) in [5.41, 5.74) is 9.23. The molecule has 0 bridgehead atoms. The van der Waals surface area contributed by atoms with Gasteiger partial charge in [0.25, 0.3) is 5.91 Å². The van der Waals surface area contributed by atoms with E-state index in [0.29, 0.717) is 39.6 Å². The minimum Gasteiger partial charge on any atom is -0.481 e. The summed E-state index contributed by atoms with van der Waals surface area (Å²) < 4.78 is 6.92. The topological polar surface area (TPSA) is 99.2 Å². The standard InChI is InChI=1S/C27H22N4O3/c1-3-15-34-23-13-9-19(10-14-23)26(32)20-5-4-6-21(16-20)27(33)29-25-17-24(30-31(25)2)18-7-11-22(28)12-8-18/h1,4-14,16-17H,15,28H2,2H3,(H,29,33). The molecule has 0 aliphatic heterocycles. The molecule has 0 saturated carbocycles. The third-order valence-electron chi connectivity index (χ3n) is 5.15. The Balaban J connectivity index is 1.49. The molecule has 1 aromatic heterocycles. The summed E-state index contributed by atoms with van der Waals surface area (Å²) in [5.74, 6) is 2.94. The highest BCUT2D eigenvalue weighted by Gasteiger charge is 2.15. The maximum Gasteiger partial charge on any atom is 0.256 e. The molecule has 34 heavy (non-hydrogen) atoms. The van der Waals surface area contributed by atoms with Gasteiger partial charge in [0.1, 0.15) is 18.2 Å². The number of ether oxygens (including phenoxy) is 1. The Morgan fingerprint density at radius 1 is 1.00 bits per heavy atom. The number of nitrogens with zero attached hydrogens (tertiary/aromatic N) is 2. The molecule has 4 aromatic rings. The van der Waals surface area contributed by atoms with Crippen LogP contribution in [0.4, 0.5) is 11.5 Å². The number of carbonyl (C=O) groups excluding carboxylic acids is 2. The van der Waals surface area contributed by atoms with Crippen molar-refractivity contribution in [2.45, 2.75) is 0 Å². The molecule has 168 valence electrons. The minimum absolute atomic E-state index is 0.155. The third kappa shape index (κ3) is 4.97. The Bertz CT molecular complexity index is 1380. The van der Waals surface area contributed by atoms with Gasteiger partial charge < -0.3 is 15.8 Å². The molecule has 4 rings (SSSR count). The third-order valence-corrected chi connectivity index (χ3v) is 5.15. The molecular formula is C27H22N4O3. The van der Waals surface area contributed by atoms with E-state index in [4.69, 9.17) is 16.9 Å². The van der Waals surface area contributed by atoms with E-state index < -0.39 is 0 Å². The highest BCUT2D eigenvalue weighted by atomic mass is 16.5. The molecule has 0 aliphatic rings. The Labute approximate surface area is 197 Å². The smallest absolute Gasteiger partial charge is 0.256 e. The zero-order chi connectivity index (χ0) is 24.1. The van der Waals surface area contributed by atoms with Crippen molar-refractivity contribution in [1.29, 1.82) is 0 Å². The molecule has 7 nitrogen and oxygen atoms in total. The first kappa shape index (κ1) is 22.4. The first-order valence-corrected chi connectivity index (χ1v) is 10.5. The number of nitrogens with two attached hydrogens (primary N) is 1. The van der Waals surface area contributed by atoms with Gasteiger partial charge in [-0.1, -0.05) is 30.2 Å². The van der Waals surface area contributed by atoms with E-state index in [1.54, 1.807) is 78.5 Å². The lowest BCUT2D eigenvalue weighted by Crippen LogP contribution is -2.15. The number of hydrogen-bond donors (Lipinski definition) is 2. The number of benzene rings is 3. The molecule has 7 heteroatoms. The second kappa shape index (κ2) is 9.76. The number of hydrogen-bond acceptors (Lipinski definition) is 5. The van der Waals surface area contributed by atoms with Gasteiger partial charge in [-0.3, -0.25) is 14.3 Å². The molecule has 0 unspecified atom stereocenters. The number of aryl methyl sites for hydroxylation is 1. The second-order valence-corrected chi connectivity index (χ2v) is 7.54. The first-order valence-electron chi connectivity index (χ1n) is 10.5. The first-order chi connectivity index (χ1) is 16.4. The quantitative estimate of drug-likeness (QED) is 0.250. The molecule has 3 aromatic carbocycles. The average molecular weight is 450 g/mol. The number of nitrogens with one attached hydrogen (secondary N) is 1. The molecular weight excluding hydrogens is 428 g/mol. The number of anilines is 2. The van der Waals surface area contributed by atoms with E-state index in [-0.39, 0.29) is 18.3 Å². The summed E-state index contributed by atoms with van der Waals surface area (Å²) >= 11 is 0. The summed E-state index contributed by atoms with van der Waals surface area (Å²) in [4.78, 5) is 25.8. The average Bonchev–Trinajstić information content (AvgIpc) is 3.23. The number of aromatic nitrogens is 2. The summed E-state index contributed by atoms with van der Waals surface area (Å²) in [7, 11) is 1.74. The highest BCUT2D eigenvalue weighted by molar-refractivity contribution is 6.11. The van der Waals surface area contributed by atoms with Crippen LogP contribution in [0.3, 0.4) is 0 Å². The van der Waals surface area contributed by atoms with E-state index in [0.717, 1.165) is 5.56 Å². The molecule has 0 saturated heterocycles. The van der Waals surface area contributed by atoms with Crippen LogP contribution in [0.15, 0.2) is 78.9 Å². The van der Waals surface area contributed by atoms with Crippen LogP contribution in [-0.4, -0.2) is 28.1 Å². The molecule has 1 amide bonds. The largest absolute Gasteiger partial charge is 0.481 e. The lowest BCUT2D eigenvalue weighted by molar-refractivity contribution is 0.102. The second-order valence-electron chi connectivity index (χ2n) is 7.54. The SMILES string of the molecule is C#CCOc1ccc(C(=O)c2cccc(C(=O)Nc3cc(-c4ccc(N)cc4)nn3C)c2)cc1. The summed E-state index contributed by atoms with van der Waals surface area (Å²) in [5, 5.41) is 7.31. The van der Waals surface area contributed by atoms with E-state index in [1.165, 1.54) is 0 Å². The molecule has 0 radical (unpaired) electrons. The van der Waals surface area contributed by atoms with Crippen molar-refractivity contribution in [3.63, 3.8) is 0 Å². The maximum atomic E-state index is 12.9. The molecule has 0 spiro atoms. The maximum absolute atomic E-state index is 12.9. The molecule has 3 N–H and O–H groups in total. The predicted molar refractivity (Wildman–Crippen MR) is 132 cm³/mol. The fourth-order valence-electron chi connectivity index (χ4n) is 3.36. The van der Waals surface area contributed by atoms with Crippen molar-refractivity contribution in [1.82, 2.24) is 9.78 Å². The van der Waals surface area contributed by atoms with Gasteiger partial charge >= 0.3 is 0 Å². The van der Waals surface area contributed by atoms with Crippen LogP contribution in [0, 0.1) is 12.3 Å². The van der Waals surface area contributed by atoms with Crippen molar-refractivity contribution < 1.29 is 14.3 Å². The summed E-state index contributed by atoms with van der Waals surface area (Å²) in [6.07, 6.45) is 5.19. The van der Waals surface area contributed by atoms with Gasteiger partial charge in [-0.25, -0.2) is 0 Å². The number of nitrogen functional groups attached to an aromatic ring is 1. The lowest BCUT2D eigenvalue weighted by Gasteiger charge is -2.08. The molecule has 0 aliphatic carbocycles. The van der Waals surface area contributed by atoms with E-state index >= 15 is 0 Å². The van der Waals surface area contributed by atoms with Gasteiger partial charge in [0, 0.05) is 41.1 Å². The summed E-state index contributed by atoms with van der Waals surface area (Å²) in [6, 6.07) is 22.4. The number of rotatable bonds is 7. The Morgan fingerprint density at radius 2 is 1.71 bits per heavy atom. The van der Waals surface area contributed by atoms with Gasteiger partial charge in [0.15, 0.2) is 5.78 Å². The molecule has 1 heterocycles. The van der Waals surface area contributed by atoms with E-state index in [9.17, 15) is 9.59 Å². The monoisotopic (exact) mass is 450 g/mol. The van der Waals surface area contributed by atoms with Gasteiger partial charge in [0.05, 0.1) is 5.69 Å². The van der Waals surface area contributed by atoms with Gasteiger partial charge in [-0.2, -0.15) is 5.10 Å². The van der Waals surface area contributed by atoms with Gasteiger partial charge in [0.2, 0.25) is 0 Å². The number of ketones is 1. The number of carbonyl (C=O) groups is 2. The van der Waals surface area contributed by atoms with Crippen molar-refractivity contribution in [2.75, 3.05) is 17.7 Å². The fraction of sp³-hybridized carbons (Fsp3) is 0.0741. The Hall–Kier alpha value is -4.83. The van der Waals surface area contributed by atoms with Gasteiger partial charge in [-0.15, -0.1) is 6.42 Å². The van der Waals surface area contributed by atoms with Crippen molar-refractivity contribution in [3.8, 4) is 29.4 Å². The van der Waals surface area contributed by atoms with Crippen LogP contribution in [-0.2, 0) is 7.05 Å².